The lowest BCUT2D eigenvalue weighted by Gasteiger charge is -2.41. The molecule has 1 unspecified atom stereocenters. The van der Waals surface area contributed by atoms with Crippen LogP contribution in [0, 0.1) is 11.5 Å². The zero-order valence-corrected chi connectivity index (χ0v) is 16.3. The summed E-state index contributed by atoms with van der Waals surface area (Å²) in [5, 5.41) is 3.18. The molecule has 0 bridgehead atoms. The summed E-state index contributed by atoms with van der Waals surface area (Å²) in [6, 6.07) is 3.74. The maximum absolute atomic E-state index is 12.8. The van der Waals surface area contributed by atoms with E-state index in [0.717, 1.165) is 77.5 Å². The van der Waals surface area contributed by atoms with E-state index in [1.54, 1.807) is 0 Å². The van der Waals surface area contributed by atoms with E-state index in [0.29, 0.717) is 12.6 Å². The minimum Gasteiger partial charge on any atom is -0.450 e. The zero-order chi connectivity index (χ0) is 18.9. The van der Waals surface area contributed by atoms with Gasteiger partial charge in [-0.05, 0) is 45.4 Å². The lowest BCUT2D eigenvalue weighted by molar-refractivity contribution is -0.133. The van der Waals surface area contributed by atoms with Crippen molar-refractivity contribution in [1.29, 1.82) is 0 Å². The van der Waals surface area contributed by atoms with E-state index >= 15 is 0 Å². The highest BCUT2D eigenvalue weighted by atomic mass is 16.6. The van der Waals surface area contributed by atoms with E-state index in [1.807, 2.05) is 11.8 Å². The molecule has 7 nitrogen and oxygen atoms in total. The van der Waals surface area contributed by atoms with Gasteiger partial charge >= 0.3 is 11.8 Å². The molecule has 3 fully saturated rings. The van der Waals surface area contributed by atoms with Gasteiger partial charge in [0.2, 0.25) is 0 Å². The Labute approximate surface area is 161 Å². The van der Waals surface area contributed by atoms with E-state index < -0.39 is 5.41 Å². The smallest absolute Gasteiger partial charge is 0.409 e. The summed E-state index contributed by atoms with van der Waals surface area (Å²) >= 11 is 0. The molecule has 4 rings (SSSR count). The molecule has 0 radical (unpaired) electrons. The number of carbonyl (C=O) groups excluding carboxylic acids is 2. The molecule has 3 aliphatic heterocycles. The molecule has 27 heavy (non-hydrogen) atoms. The molecule has 1 aliphatic carbocycles. The van der Waals surface area contributed by atoms with Gasteiger partial charge in [-0.25, -0.2) is 4.79 Å². The Morgan fingerprint density at radius 3 is 2.59 bits per heavy atom. The van der Waals surface area contributed by atoms with Gasteiger partial charge in [-0.2, -0.15) is 0 Å². The highest BCUT2D eigenvalue weighted by Gasteiger charge is 2.58. The Morgan fingerprint density at radius 2 is 1.96 bits per heavy atom. The van der Waals surface area contributed by atoms with Gasteiger partial charge < -0.3 is 14.5 Å². The third-order valence-electron chi connectivity index (χ3n) is 6.84. The van der Waals surface area contributed by atoms with Crippen molar-refractivity contribution < 1.29 is 14.3 Å². The van der Waals surface area contributed by atoms with Crippen molar-refractivity contribution in [2.75, 3.05) is 32.8 Å². The molecule has 2 saturated heterocycles. The molecule has 3 heterocycles. The largest absolute Gasteiger partial charge is 0.450 e. The highest BCUT2D eigenvalue weighted by Crippen LogP contribution is 2.41. The van der Waals surface area contributed by atoms with Crippen LogP contribution in [0.2, 0.25) is 0 Å². The molecular formula is C20H31N4O3+. The normalized spacial score (nSPS) is 29.3. The fourth-order valence-electron chi connectivity index (χ4n) is 4.82. The molecule has 0 aromatic heterocycles. The molecule has 2 amide bonds. The molecule has 1 atom stereocenters. The Hall–Kier alpha value is -1.81. The van der Waals surface area contributed by atoms with Gasteiger partial charge in [-0.1, -0.05) is 4.85 Å². The van der Waals surface area contributed by atoms with E-state index in [2.05, 4.69) is 21.1 Å². The van der Waals surface area contributed by atoms with Crippen LogP contribution in [0.3, 0.4) is 0 Å². The minimum absolute atomic E-state index is 0.131. The van der Waals surface area contributed by atoms with Crippen molar-refractivity contribution in [3.05, 3.63) is 4.85 Å². The van der Waals surface area contributed by atoms with Crippen molar-refractivity contribution in [3.63, 3.8) is 0 Å². The van der Waals surface area contributed by atoms with Crippen molar-refractivity contribution >= 4 is 12.0 Å². The first kappa shape index (κ1) is 18.5. The number of piperidine rings is 1. The Kier molecular flexibility index (Phi) is 5.02. The molecular weight excluding hydrogens is 344 g/mol. The van der Waals surface area contributed by atoms with E-state index in [4.69, 9.17) is 4.74 Å². The molecule has 0 aromatic rings. The number of hydrogen-bond acceptors (Lipinski definition) is 4. The lowest BCUT2D eigenvalue weighted by atomic mass is 9.74. The molecule has 7 heteroatoms. The van der Waals surface area contributed by atoms with Gasteiger partial charge in [-0.15, -0.1) is 0 Å². The minimum atomic E-state index is -0.529. The van der Waals surface area contributed by atoms with E-state index in [9.17, 15) is 9.59 Å². The van der Waals surface area contributed by atoms with E-state index in [1.165, 1.54) is 0 Å². The van der Waals surface area contributed by atoms with Gasteiger partial charge in [0.05, 0.1) is 19.4 Å². The van der Waals surface area contributed by atoms with Gasteiger partial charge in [0.15, 0.2) is 5.41 Å². The second-order valence-corrected chi connectivity index (χ2v) is 8.45. The lowest BCUT2D eigenvalue weighted by Crippen LogP contribution is -2.60. The van der Waals surface area contributed by atoms with Gasteiger partial charge in [0.25, 0.3) is 12.0 Å². The topological polar surface area (TPSA) is 66.2 Å². The second kappa shape index (κ2) is 7.31. The van der Waals surface area contributed by atoms with Gasteiger partial charge in [0, 0.05) is 32.2 Å². The number of rotatable bonds is 2. The summed E-state index contributed by atoms with van der Waals surface area (Å²) in [4.78, 5) is 33.7. The Morgan fingerprint density at radius 1 is 1.19 bits per heavy atom. The third kappa shape index (κ3) is 3.52. The average molecular weight is 375 g/mol. The predicted molar refractivity (Wildman–Crippen MR) is 101 cm³/mol. The van der Waals surface area contributed by atoms with Crippen LogP contribution in [-0.2, 0) is 9.53 Å². The van der Waals surface area contributed by atoms with Crippen LogP contribution < -0.4 is 5.32 Å². The summed E-state index contributed by atoms with van der Waals surface area (Å²) in [5.41, 5.74) is -0.851. The van der Waals surface area contributed by atoms with Crippen LogP contribution in [0.25, 0.3) is 4.85 Å². The monoisotopic (exact) mass is 375 g/mol. The van der Waals surface area contributed by atoms with Gasteiger partial charge in [-0.3, -0.25) is 10.1 Å². The SMILES string of the molecule is CCOC(=O)N1CCCC(N2CCC3(C#[N+]C4(CCC4)NC3=O)CC2)CC1. The first-order valence-corrected chi connectivity index (χ1v) is 10.5. The summed E-state index contributed by atoms with van der Waals surface area (Å²) in [6.45, 7) is 5.59. The number of nitrogens with zero attached hydrogens (tertiary/aromatic N) is 3. The predicted octanol–water partition coefficient (Wildman–Crippen LogP) is 2.42. The summed E-state index contributed by atoms with van der Waals surface area (Å²) < 4.78 is 5.15. The summed E-state index contributed by atoms with van der Waals surface area (Å²) in [5.74, 6) is 0.131. The Balaban J connectivity index is 1.33. The molecule has 1 saturated carbocycles. The van der Waals surface area contributed by atoms with Crippen LogP contribution >= 0.6 is 0 Å². The average Bonchev–Trinajstić information content (AvgIpc) is 2.90. The standard InChI is InChI=1S/C20H30N4O3/c1-2-27-18(26)24-11-3-5-16(6-12-24)23-13-9-19(10-14-23)15-21-20(7-4-8-20)22-17(19)25/h16H,2-14H2,1H3/p+1. The van der Waals surface area contributed by atoms with Crippen LogP contribution in [0.15, 0.2) is 0 Å². The van der Waals surface area contributed by atoms with Crippen LogP contribution in [-0.4, -0.2) is 66.3 Å². The maximum atomic E-state index is 12.8. The second-order valence-electron chi connectivity index (χ2n) is 8.45. The number of hydrogen-bond donors (Lipinski definition) is 1. The summed E-state index contributed by atoms with van der Waals surface area (Å²) in [7, 11) is 0. The first-order valence-electron chi connectivity index (χ1n) is 10.5. The molecule has 4 aliphatic rings. The van der Waals surface area contributed by atoms with Crippen LogP contribution in [0.1, 0.15) is 58.3 Å². The Bertz CT molecular complexity index is 656. The van der Waals surface area contributed by atoms with Crippen molar-refractivity contribution in [2.24, 2.45) is 5.41 Å². The maximum Gasteiger partial charge on any atom is 0.409 e. The summed E-state index contributed by atoms with van der Waals surface area (Å²) in [6.07, 6.45) is 7.49. The number of nitrogens with one attached hydrogen (secondary N) is 1. The fraction of sp³-hybridized carbons (Fsp3) is 0.850. The first-order chi connectivity index (χ1) is 13.1. The van der Waals surface area contributed by atoms with E-state index in [-0.39, 0.29) is 17.7 Å². The number of amides is 2. The van der Waals surface area contributed by atoms with Crippen molar-refractivity contribution in [3.8, 4) is 6.07 Å². The number of ether oxygens (including phenoxy) is 1. The zero-order valence-electron chi connectivity index (χ0n) is 16.3. The fourth-order valence-corrected chi connectivity index (χ4v) is 4.82. The van der Waals surface area contributed by atoms with Crippen LogP contribution in [0.5, 0.6) is 0 Å². The number of likely N-dealkylation sites (tertiary alicyclic amines) is 2. The third-order valence-corrected chi connectivity index (χ3v) is 6.84. The molecule has 1 N–H and O–H groups in total. The van der Waals surface area contributed by atoms with Crippen LogP contribution in [0.4, 0.5) is 4.79 Å². The quantitative estimate of drug-likeness (QED) is 0.805. The number of carbonyl (C=O) groups is 2. The molecule has 2 spiro atoms. The molecule has 0 aromatic carbocycles. The van der Waals surface area contributed by atoms with Crippen molar-refractivity contribution in [1.82, 2.24) is 15.1 Å². The molecule has 148 valence electrons. The van der Waals surface area contributed by atoms with Crippen molar-refractivity contribution in [2.45, 2.75) is 70.0 Å². The van der Waals surface area contributed by atoms with Gasteiger partial charge in [0.1, 0.15) is 0 Å². The highest BCUT2D eigenvalue weighted by molar-refractivity contribution is 5.88.